The van der Waals surface area contributed by atoms with Gasteiger partial charge in [0.2, 0.25) is 0 Å². The van der Waals surface area contributed by atoms with Crippen LogP contribution in [0.15, 0.2) is 42.5 Å². The molecule has 4 heteroatoms. The molecule has 2 aromatic rings. The second-order valence-corrected chi connectivity index (χ2v) is 11.5. The van der Waals surface area contributed by atoms with Crippen LogP contribution in [0.5, 0.6) is 11.5 Å². The normalized spacial score (nSPS) is 37.6. The number of benzene rings is 2. The molecule has 4 unspecified atom stereocenters. The highest BCUT2D eigenvalue weighted by molar-refractivity contribution is 5.61. The summed E-state index contributed by atoms with van der Waals surface area (Å²) in [4.78, 5) is 2.61. The highest BCUT2D eigenvalue weighted by atomic mass is 16.6. The molecule has 2 aliphatic carbocycles. The van der Waals surface area contributed by atoms with E-state index in [1.165, 1.54) is 55.2 Å². The van der Waals surface area contributed by atoms with Gasteiger partial charge in [-0.05, 0) is 75.2 Å². The topological polar surface area (TPSA) is 41.9 Å². The lowest BCUT2D eigenvalue weighted by atomic mass is 9.45. The molecule has 6 atom stereocenters. The van der Waals surface area contributed by atoms with Gasteiger partial charge in [-0.2, -0.15) is 0 Å². The van der Waals surface area contributed by atoms with E-state index in [9.17, 15) is 5.11 Å². The van der Waals surface area contributed by atoms with Crippen LogP contribution < -0.4 is 4.74 Å². The molecule has 5 aliphatic rings. The Labute approximate surface area is 196 Å². The number of aryl methyl sites for hydroxylation is 1. The molecule has 1 saturated carbocycles. The summed E-state index contributed by atoms with van der Waals surface area (Å²) in [6, 6.07) is 15.4. The maximum Gasteiger partial charge on any atom is 0.165 e. The van der Waals surface area contributed by atoms with Gasteiger partial charge < -0.3 is 19.5 Å². The molecule has 1 N–H and O–H groups in total. The van der Waals surface area contributed by atoms with Gasteiger partial charge in [-0.25, -0.2) is 0 Å². The Bertz CT molecular complexity index is 1070. The van der Waals surface area contributed by atoms with Gasteiger partial charge in [-0.1, -0.05) is 49.2 Å². The van der Waals surface area contributed by atoms with Crippen molar-refractivity contribution in [2.24, 2.45) is 11.3 Å². The molecule has 3 fully saturated rings. The number of phenolic OH excluding ortho intramolecular Hbond substituents is 1. The van der Waals surface area contributed by atoms with Crippen molar-refractivity contribution in [3.63, 3.8) is 0 Å². The Balaban J connectivity index is 1.14. The number of ether oxygens (including phenoxy) is 2. The Hall–Kier alpha value is -2.04. The molecule has 3 aliphatic heterocycles. The van der Waals surface area contributed by atoms with E-state index >= 15 is 0 Å². The maximum atomic E-state index is 10.7. The molecule has 4 nitrogen and oxygen atoms in total. The van der Waals surface area contributed by atoms with Crippen LogP contribution in [0.2, 0.25) is 0 Å². The summed E-state index contributed by atoms with van der Waals surface area (Å²) in [6.45, 7) is 1.99. The third-order valence-electron chi connectivity index (χ3n) is 9.98. The largest absolute Gasteiger partial charge is 0.504 e. The Morgan fingerprint density at radius 2 is 1.94 bits per heavy atom. The number of unbranched alkanes of at least 4 members (excludes halogenated alkanes) is 2. The number of rotatable bonds is 6. The SMILES string of the molecule is CN1CCC23c4c5ccc(O)c4OC2[C@H]2OC[C@@]2(CCCCCc2ccccc2)CC3C1C5. The van der Waals surface area contributed by atoms with Crippen LogP contribution >= 0.6 is 0 Å². The van der Waals surface area contributed by atoms with Crippen molar-refractivity contribution in [3.8, 4) is 11.5 Å². The first kappa shape index (κ1) is 20.3. The first-order chi connectivity index (χ1) is 16.1. The van der Waals surface area contributed by atoms with E-state index in [1.807, 2.05) is 6.07 Å². The van der Waals surface area contributed by atoms with Crippen molar-refractivity contribution in [1.29, 1.82) is 0 Å². The molecule has 174 valence electrons. The van der Waals surface area contributed by atoms with Gasteiger partial charge in [0, 0.05) is 22.4 Å². The van der Waals surface area contributed by atoms with Gasteiger partial charge in [0.15, 0.2) is 11.5 Å². The monoisotopic (exact) mass is 445 g/mol. The zero-order valence-corrected chi connectivity index (χ0v) is 19.6. The van der Waals surface area contributed by atoms with Gasteiger partial charge in [-0.3, -0.25) is 0 Å². The van der Waals surface area contributed by atoms with E-state index in [1.54, 1.807) is 0 Å². The number of nitrogens with zero attached hydrogens (tertiary/aromatic N) is 1. The van der Waals surface area contributed by atoms with Gasteiger partial charge in [0.05, 0.1) is 6.61 Å². The molecule has 33 heavy (non-hydrogen) atoms. The first-order valence-electron chi connectivity index (χ1n) is 13.0. The molecule has 3 heterocycles. The van der Waals surface area contributed by atoms with Crippen LogP contribution in [0.4, 0.5) is 0 Å². The number of fused-ring (bicyclic) bond motifs is 2. The average Bonchev–Trinajstić information content (AvgIpc) is 3.14. The van der Waals surface area contributed by atoms with Crippen molar-refractivity contribution >= 4 is 0 Å². The number of aromatic hydroxyl groups is 1. The maximum absolute atomic E-state index is 10.7. The fourth-order valence-electron chi connectivity index (χ4n) is 8.37. The van der Waals surface area contributed by atoms with Crippen molar-refractivity contribution in [1.82, 2.24) is 4.90 Å². The van der Waals surface area contributed by atoms with Gasteiger partial charge >= 0.3 is 0 Å². The number of likely N-dealkylation sites (N-methyl/N-ethyl adjacent to an activating group) is 1. The summed E-state index contributed by atoms with van der Waals surface area (Å²) >= 11 is 0. The Morgan fingerprint density at radius 1 is 1.06 bits per heavy atom. The Kier molecular flexibility index (Phi) is 4.46. The molecule has 0 amide bonds. The molecule has 0 aromatic heterocycles. The minimum absolute atomic E-state index is 0.0285. The summed E-state index contributed by atoms with van der Waals surface area (Å²) in [5.74, 6) is 1.69. The van der Waals surface area contributed by atoms with E-state index in [4.69, 9.17) is 9.47 Å². The molecule has 7 rings (SSSR count). The average molecular weight is 446 g/mol. The fourth-order valence-corrected chi connectivity index (χ4v) is 8.37. The van der Waals surface area contributed by atoms with E-state index in [0.717, 1.165) is 31.7 Å². The smallest absolute Gasteiger partial charge is 0.165 e. The second-order valence-electron chi connectivity index (χ2n) is 11.5. The van der Waals surface area contributed by atoms with Gasteiger partial charge in [0.25, 0.3) is 0 Å². The van der Waals surface area contributed by atoms with Crippen molar-refractivity contribution in [2.75, 3.05) is 20.2 Å². The number of hydrogen-bond acceptors (Lipinski definition) is 4. The summed E-state index contributed by atoms with van der Waals surface area (Å²) < 4.78 is 13.0. The van der Waals surface area contributed by atoms with Crippen molar-refractivity contribution < 1.29 is 14.6 Å². The standard InChI is InChI=1S/C29H35NO3/c1-30-15-14-29-21-17-28(13-7-3-6-10-19-8-4-2-5-9-19)18-32-26(28)27(29)33-25-23(31)12-11-20(24(25)29)16-22(21)30/h2,4-5,8-9,11-12,21-22,26-27,31H,3,6-7,10,13-18H2,1H3/t21?,22?,26-,27?,28-,29?/m1/s1. The molecule has 1 spiro atoms. The van der Waals surface area contributed by atoms with Gasteiger partial charge in [-0.15, -0.1) is 0 Å². The summed E-state index contributed by atoms with van der Waals surface area (Å²) in [5.41, 5.74) is 4.46. The quantitative estimate of drug-likeness (QED) is 0.645. The Morgan fingerprint density at radius 3 is 2.76 bits per heavy atom. The number of hydrogen-bond donors (Lipinski definition) is 1. The predicted molar refractivity (Wildman–Crippen MR) is 128 cm³/mol. The van der Waals surface area contributed by atoms with E-state index in [2.05, 4.69) is 48.3 Å². The zero-order chi connectivity index (χ0) is 22.2. The van der Waals surface area contributed by atoms with E-state index in [0.29, 0.717) is 17.7 Å². The summed E-state index contributed by atoms with van der Waals surface area (Å²) in [5, 5.41) is 10.7. The lowest BCUT2D eigenvalue weighted by molar-refractivity contribution is -0.279. The second kappa shape index (κ2) is 7.23. The molecular formula is C29H35NO3. The van der Waals surface area contributed by atoms with Crippen molar-refractivity contribution in [2.45, 2.75) is 75.0 Å². The molecule has 2 saturated heterocycles. The summed E-state index contributed by atoms with van der Waals surface area (Å²) in [6.07, 6.45) is 9.90. The minimum Gasteiger partial charge on any atom is -0.504 e. The molecule has 2 aromatic carbocycles. The fraction of sp³-hybridized carbons (Fsp3) is 0.586. The number of phenols is 1. The lowest BCUT2D eigenvalue weighted by Gasteiger charge is -2.66. The predicted octanol–water partition coefficient (Wildman–Crippen LogP) is 4.86. The van der Waals surface area contributed by atoms with Crippen LogP contribution in [0.1, 0.15) is 55.2 Å². The highest BCUT2D eigenvalue weighted by Gasteiger charge is 2.72. The third kappa shape index (κ3) is 2.71. The van der Waals surface area contributed by atoms with Gasteiger partial charge in [0.1, 0.15) is 12.2 Å². The van der Waals surface area contributed by atoms with Crippen LogP contribution in [-0.4, -0.2) is 48.5 Å². The lowest BCUT2D eigenvalue weighted by Crippen LogP contribution is -2.74. The van der Waals surface area contributed by atoms with E-state index < -0.39 is 0 Å². The number of likely N-dealkylation sites (tertiary alicyclic amines) is 1. The highest BCUT2D eigenvalue weighted by Crippen LogP contribution is 2.69. The number of piperidine rings is 1. The van der Waals surface area contributed by atoms with Crippen LogP contribution in [0.3, 0.4) is 0 Å². The first-order valence-corrected chi connectivity index (χ1v) is 13.0. The minimum atomic E-state index is 0.0285. The van der Waals surface area contributed by atoms with E-state index in [-0.39, 0.29) is 23.0 Å². The third-order valence-corrected chi connectivity index (χ3v) is 9.98. The molecular weight excluding hydrogens is 410 g/mol. The van der Waals surface area contributed by atoms with Crippen LogP contribution in [-0.2, 0) is 23.0 Å². The molecule has 2 bridgehead atoms. The molecule has 0 radical (unpaired) electrons. The van der Waals surface area contributed by atoms with Crippen molar-refractivity contribution in [3.05, 3.63) is 59.2 Å². The van der Waals surface area contributed by atoms with Crippen LogP contribution in [0.25, 0.3) is 0 Å². The zero-order valence-electron chi connectivity index (χ0n) is 19.6. The summed E-state index contributed by atoms with van der Waals surface area (Å²) in [7, 11) is 2.31. The van der Waals surface area contributed by atoms with Crippen LogP contribution in [0, 0.1) is 11.3 Å².